The number of amides is 3. The number of carbonyl (C=O) groups is 3. The average molecular weight is 269 g/mol. The van der Waals surface area contributed by atoms with Crippen LogP contribution in [0.1, 0.15) is 26.2 Å². The van der Waals surface area contributed by atoms with Crippen LogP contribution in [0, 0.1) is 5.92 Å². The maximum atomic E-state index is 11.8. The van der Waals surface area contributed by atoms with Crippen molar-refractivity contribution in [3.05, 3.63) is 0 Å². The second-order valence-corrected chi connectivity index (χ2v) is 5.48. The topological polar surface area (TPSA) is 98.7 Å². The average Bonchev–Trinajstić information content (AvgIpc) is 3.12. The lowest BCUT2D eigenvalue weighted by molar-refractivity contribution is -0.144. The van der Waals surface area contributed by atoms with Gasteiger partial charge in [-0.3, -0.25) is 4.79 Å². The Morgan fingerprint density at radius 1 is 1.37 bits per heavy atom. The van der Waals surface area contributed by atoms with Gasteiger partial charge in [0.05, 0.1) is 0 Å². The van der Waals surface area contributed by atoms with Gasteiger partial charge in [0.15, 0.2) is 0 Å². The molecule has 1 aliphatic carbocycles. The summed E-state index contributed by atoms with van der Waals surface area (Å²) in [7, 11) is 1.67. The van der Waals surface area contributed by atoms with Crippen molar-refractivity contribution in [2.45, 2.75) is 37.8 Å². The molecule has 0 aromatic heterocycles. The first-order chi connectivity index (χ1) is 8.84. The first kappa shape index (κ1) is 13.6. The van der Waals surface area contributed by atoms with Crippen molar-refractivity contribution < 1.29 is 19.5 Å². The molecule has 2 rings (SSSR count). The van der Waals surface area contributed by atoms with Gasteiger partial charge in [-0.05, 0) is 32.1 Å². The van der Waals surface area contributed by atoms with Crippen LogP contribution >= 0.6 is 0 Å². The minimum Gasteiger partial charge on any atom is -0.480 e. The molecule has 3 amide bonds. The molecule has 0 aromatic rings. The van der Waals surface area contributed by atoms with Gasteiger partial charge in [-0.15, -0.1) is 0 Å². The summed E-state index contributed by atoms with van der Waals surface area (Å²) in [5.74, 6) is -1.21. The summed E-state index contributed by atoms with van der Waals surface area (Å²) in [5.41, 5.74) is -1.25. The van der Waals surface area contributed by atoms with Crippen molar-refractivity contribution in [2.75, 3.05) is 13.6 Å². The summed E-state index contributed by atoms with van der Waals surface area (Å²) >= 11 is 0. The number of aliphatic carboxylic acids is 1. The molecule has 0 spiro atoms. The van der Waals surface area contributed by atoms with Crippen LogP contribution in [0.15, 0.2) is 0 Å². The molecule has 0 aromatic carbocycles. The zero-order valence-corrected chi connectivity index (χ0v) is 11.1. The van der Waals surface area contributed by atoms with E-state index < -0.39 is 23.6 Å². The molecule has 19 heavy (non-hydrogen) atoms. The minimum absolute atomic E-state index is 0.0299. The van der Waals surface area contributed by atoms with Crippen molar-refractivity contribution in [1.29, 1.82) is 0 Å². The Labute approximate surface area is 111 Å². The van der Waals surface area contributed by atoms with E-state index in [1.54, 1.807) is 11.9 Å². The first-order valence-electron chi connectivity index (χ1n) is 6.41. The van der Waals surface area contributed by atoms with Gasteiger partial charge in [0.25, 0.3) is 0 Å². The van der Waals surface area contributed by atoms with Crippen LogP contribution in [-0.2, 0) is 9.59 Å². The molecule has 1 saturated heterocycles. The number of carboxylic acid groups (broad SMARTS) is 1. The number of nitrogens with zero attached hydrogens (tertiary/aromatic N) is 1. The van der Waals surface area contributed by atoms with Gasteiger partial charge in [-0.25, -0.2) is 9.59 Å². The Balaban J connectivity index is 1.93. The highest BCUT2D eigenvalue weighted by atomic mass is 16.4. The number of urea groups is 1. The van der Waals surface area contributed by atoms with E-state index in [4.69, 9.17) is 0 Å². The zero-order chi connectivity index (χ0) is 14.2. The SMILES string of the molecule is CN1CCC(NC(=O)NC(C)(C(=O)O)C2CC2)C1=O. The molecule has 0 radical (unpaired) electrons. The van der Waals surface area contributed by atoms with Crippen molar-refractivity contribution in [3.8, 4) is 0 Å². The van der Waals surface area contributed by atoms with Gasteiger partial charge in [-0.1, -0.05) is 0 Å². The van der Waals surface area contributed by atoms with Crippen molar-refractivity contribution >= 4 is 17.9 Å². The Hall–Kier alpha value is -1.79. The van der Waals surface area contributed by atoms with Crippen molar-refractivity contribution in [3.63, 3.8) is 0 Å². The summed E-state index contributed by atoms with van der Waals surface area (Å²) in [6, 6.07) is -1.15. The molecule has 2 unspecified atom stereocenters. The van der Waals surface area contributed by atoms with E-state index >= 15 is 0 Å². The normalized spacial score (nSPS) is 25.9. The highest BCUT2D eigenvalue weighted by Gasteiger charge is 2.49. The van der Waals surface area contributed by atoms with Crippen LogP contribution in [0.3, 0.4) is 0 Å². The van der Waals surface area contributed by atoms with E-state index in [9.17, 15) is 19.5 Å². The van der Waals surface area contributed by atoms with E-state index in [1.165, 1.54) is 6.92 Å². The third kappa shape index (κ3) is 2.64. The number of hydrogen-bond donors (Lipinski definition) is 3. The van der Waals surface area contributed by atoms with Crippen molar-refractivity contribution in [1.82, 2.24) is 15.5 Å². The predicted octanol–water partition coefficient (Wildman–Crippen LogP) is -0.230. The fraction of sp³-hybridized carbons (Fsp3) is 0.750. The second-order valence-electron chi connectivity index (χ2n) is 5.48. The Bertz CT molecular complexity index is 421. The molecule has 106 valence electrons. The standard InChI is InChI=1S/C12H19N3O4/c1-12(10(17)18,7-3-4-7)14-11(19)13-8-5-6-15(2)9(8)16/h7-8H,3-6H2,1-2H3,(H,17,18)(H2,13,14,19). The van der Waals surface area contributed by atoms with Crippen molar-refractivity contribution in [2.24, 2.45) is 5.92 Å². The van der Waals surface area contributed by atoms with Crippen LogP contribution in [0.25, 0.3) is 0 Å². The van der Waals surface area contributed by atoms with E-state index in [-0.39, 0.29) is 11.8 Å². The summed E-state index contributed by atoms with van der Waals surface area (Å²) in [6.07, 6.45) is 2.15. The highest BCUT2D eigenvalue weighted by molar-refractivity contribution is 5.91. The van der Waals surface area contributed by atoms with Gasteiger partial charge in [0.2, 0.25) is 5.91 Å². The number of rotatable bonds is 4. The van der Waals surface area contributed by atoms with Gasteiger partial charge >= 0.3 is 12.0 Å². The second kappa shape index (κ2) is 4.71. The number of likely N-dealkylation sites (tertiary alicyclic amines) is 1. The number of nitrogens with one attached hydrogen (secondary N) is 2. The van der Waals surface area contributed by atoms with E-state index in [0.717, 1.165) is 12.8 Å². The number of carbonyl (C=O) groups excluding carboxylic acids is 2. The Morgan fingerprint density at radius 3 is 2.42 bits per heavy atom. The molecule has 1 aliphatic heterocycles. The van der Waals surface area contributed by atoms with Gasteiger partial charge in [-0.2, -0.15) is 0 Å². The van der Waals surface area contributed by atoms with Gasteiger partial charge in [0, 0.05) is 13.6 Å². The first-order valence-corrected chi connectivity index (χ1v) is 6.41. The van der Waals surface area contributed by atoms with E-state index in [0.29, 0.717) is 13.0 Å². The lowest BCUT2D eigenvalue weighted by atomic mass is 9.96. The smallest absolute Gasteiger partial charge is 0.329 e. The number of hydrogen-bond acceptors (Lipinski definition) is 3. The fourth-order valence-electron chi connectivity index (χ4n) is 2.38. The number of carboxylic acids is 1. The summed E-state index contributed by atoms with van der Waals surface area (Å²) in [6.45, 7) is 2.11. The summed E-state index contributed by atoms with van der Waals surface area (Å²) in [5, 5.41) is 14.3. The van der Waals surface area contributed by atoms with Crippen LogP contribution in [0.2, 0.25) is 0 Å². The maximum absolute atomic E-state index is 11.8. The van der Waals surface area contributed by atoms with Crippen LogP contribution < -0.4 is 10.6 Å². The Kier molecular flexibility index (Phi) is 3.38. The van der Waals surface area contributed by atoms with Gasteiger partial charge < -0.3 is 20.6 Å². The quantitative estimate of drug-likeness (QED) is 0.656. The largest absolute Gasteiger partial charge is 0.480 e. The molecule has 7 heteroatoms. The van der Waals surface area contributed by atoms with Crippen LogP contribution in [-0.4, -0.2) is 53.1 Å². The minimum atomic E-state index is -1.25. The maximum Gasteiger partial charge on any atom is 0.329 e. The molecular formula is C12H19N3O4. The fourth-order valence-corrected chi connectivity index (χ4v) is 2.38. The lowest BCUT2D eigenvalue weighted by Crippen LogP contribution is -2.58. The van der Waals surface area contributed by atoms with E-state index in [2.05, 4.69) is 10.6 Å². The van der Waals surface area contributed by atoms with Crippen LogP contribution in [0.4, 0.5) is 4.79 Å². The molecule has 3 N–H and O–H groups in total. The molecule has 2 atom stereocenters. The van der Waals surface area contributed by atoms with Crippen LogP contribution in [0.5, 0.6) is 0 Å². The van der Waals surface area contributed by atoms with E-state index in [1.807, 2.05) is 0 Å². The number of likely N-dealkylation sites (N-methyl/N-ethyl adjacent to an activating group) is 1. The molecule has 1 saturated carbocycles. The highest BCUT2D eigenvalue weighted by Crippen LogP contribution is 2.39. The third-order valence-electron chi connectivity index (χ3n) is 3.94. The molecule has 2 aliphatic rings. The summed E-state index contributed by atoms with van der Waals surface area (Å²) in [4.78, 5) is 36.3. The third-order valence-corrected chi connectivity index (χ3v) is 3.94. The lowest BCUT2D eigenvalue weighted by Gasteiger charge is -2.26. The van der Waals surface area contributed by atoms with Gasteiger partial charge in [0.1, 0.15) is 11.6 Å². The predicted molar refractivity (Wildman–Crippen MR) is 66.5 cm³/mol. The molecule has 7 nitrogen and oxygen atoms in total. The Morgan fingerprint density at radius 2 is 2.00 bits per heavy atom. The molecule has 0 bridgehead atoms. The zero-order valence-electron chi connectivity index (χ0n) is 11.1. The summed E-state index contributed by atoms with van der Waals surface area (Å²) < 4.78 is 0. The molecule has 2 fully saturated rings. The monoisotopic (exact) mass is 269 g/mol. The molecular weight excluding hydrogens is 250 g/mol. The molecule has 1 heterocycles.